The van der Waals surface area contributed by atoms with Crippen molar-refractivity contribution in [3.05, 3.63) is 0 Å². The Morgan fingerprint density at radius 2 is 1.94 bits per heavy atom. The molecule has 0 aromatic heterocycles. The summed E-state index contributed by atoms with van der Waals surface area (Å²) in [6.07, 6.45) is 7.61. The van der Waals surface area contributed by atoms with E-state index in [1.165, 1.54) is 12.8 Å². The summed E-state index contributed by atoms with van der Waals surface area (Å²) in [5.41, 5.74) is 0. The Bertz CT molecular complexity index is 254. The number of aliphatic hydroxyl groups is 1. The van der Waals surface area contributed by atoms with Crippen LogP contribution in [-0.4, -0.2) is 47.7 Å². The lowest BCUT2D eigenvalue weighted by Gasteiger charge is -2.16. The van der Waals surface area contributed by atoms with Crippen molar-refractivity contribution in [3.63, 3.8) is 0 Å². The van der Waals surface area contributed by atoms with Crippen molar-refractivity contribution < 1.29 is 9.90 Å². The zero-order chi connectivity index (χ0) is 12.1. The highest BCUT2D eigenvalue weighted by Gasteiger charge is 2.34. The van der Waals surface area contributed by atoms with Crippen molar-refractivity contribution in [3.8, 4) is 0 Å². The topological polar surface area (TPSA) is 52.6 Å². The van der Waals surface area contributed by atoms with Gasteiger partial charge < -0.3 is 15.3 Å². The molecule has 17 heavy (non-hydrogen) atoms. The summed E-state index contributed by atoms with van der Waals surface area (Å²) in [7, 11) is 0. The van der Waals surface area contributed by atoms with Crippen molar-refractivity contribution in [2.45, 2.75) is 57.0 Å². The fourth-order valence-corrected chi connectivity index (χ4v) is 2.42. The van der Waals surface area contributed by atoms with Crippen LogP contribution in [0.2, 0.25) is 0 Å². The van der Waals surface area contributed by atoms with Crippen LogP contribution in [-0.2, 0) is 4.79 Å². The zero-order valence-electron chi connectivity index (χ0n) is 10.5. The molecule has 2 N–H and O–H groups in total. The maximum atomic E-state index is 12.0. The average Bonchev–Trinajstić information content (AvgIpc) is 3.08. The lowest BCUT2D eigenvalue weighted by atomic mass is 10.2. The third-order valence-corrected chi connectivity index (χ3v) is 3.65. The molecule has 0 bridgehead atoms. The average molecular weight is 240 g/mol. The number of nitrogens with one attached hydrogen (secondary N) is 1. The first-order valence-electron chi connectivity index (χ1n) is 6.97. The van der Waals surface area contributed by atoms with Gasteiger partial charge in [0.25, 0.3) is 0 Å². The Kier molecular flexibility index (Phi) is 4.80. The molecule has 2 fully saturated rings. The van der Waals surface area contributed by atoms with Crippen LogP contribution < -0.4 is 5.32 Å². The third kappa shape index (κ3) is 3.96. The quantitative estimate of drug-likeness (QED) is 0.620. The van der Waals surface area contributed by atoms with Gasteiger partial charge in [-0.1, -0.05) is 12.8 Å². The minimum atomic E-state index is 0.0972. The molecule has 1 saturated carbocycles. The molecular formula is C13H24N2O2. The summed E-state index contributed by atoms with van der Waals surface area (Å²) >= 11 is 0. The monoisotopic (exact) mass is 240 g/mol. The SMILES string of the molecule is O=C1C(NC2CC2)CCN1CCCCCCO. The maximum absolute atomic E-state index is 12.0. The zero-order valence-corrected chi connectivity index (χ0v) is 10.5. The number of carbonyl (C=O) groups excluding carboxylic acids is 1. The van der Waals surface area contributed by atoms with Gasteiger partial charge in [0, 0.05) is 25.7 Å². The molecule has 1 amide bonds. The van der Waals surface area contributed by atoms with E-state index >= 15 is 0 Å². The number of carbonyl (C=O) groups is 1. The van der Waals surface area contributed by atoms with Crippen molar-refractivity contribution in [1.29, 1.82) is 0 Å². The number of likely N-dealkylation sites (tertiary alicyclic amines) is 1. The molecule has 2 aliphatic rings. The Morgan fingerprint density at radius 1 is 1.18 bits per heavy atom. The Hall–Kier alpha value is -0.610. The van der Waals surface area contributed by atoms with E-state index in [-0.39, 0.29) is 12.6 Å². The van der Waals surface area contributed by atoms with Crippen LogP contribution in [0.25, 0.3) is 0 Å². The molecule has 1 saturated heterocycles. The van der Waals surface area contributed by atoms with Gasteiger partial charge in [-0.2, -0.15) is 0 Å². The van der Waals surface area contributed by atoms with Crippen molar-refractivity contribution >= 4 is 5.91 Å². The van der Waals surface area contributed by atoms with Gasteiger partial charge in [-0.15, -0.1) is 0 Å². The predicted octanol–water partition coefficient (Wildman–Crippen LogP) is 0.892. The second kappa shape index (κ2) is 6.36. The Labute approximate surface area is 103 Å². The summed E-state index contributed by atoms with van der Waals surface area (Å²) in [6, 6.07) is 0.716. The van der Waals surface area contributed by atoms with Gasteiger partial charge >= 0.3 is 0 Å². The molecule has 0 spiro atoms. The molecule has 2 rings (SSSR count). The molecule has 0 radical (unpaired) electrons. The maximum Gasteiger partial charge on any atom is 0.239 e. The minimum absolute atomic E-state index is 0.0972. The first kappa shape index (κ1) is 12.8. The number of aliphatic hydroxyl groups excluding tert-OH is 1. The van der Waals surface area contributed by atoms with E-state index in [0.717, 1.165) is 45.2 Å². The summed E-state index contributed by atoms with van der Waals surface area (Å²) in [4.78, 5) is 14.0. The normalized spacial score (nSPS) is 24.6. The molecule has 1 atom stereocenters. The molecule has 4 nitrogen and oxygen atoms in total. The molecule has 0 aromatic carbocycles. The summed E-state index contributed by atoms with van der Waals surface area (Å²) in [5.74, 6) is 0.305. The number of nitrogens with zero attached hydrogens (tertiary/aromatic N) is 1. The van der Waals surface area contributed by atoms with Crippen molar-refractivity contribution in [2.75, 3.05) is 19.7 Å². The van der Waals surface area contributed by atoms with E-state index in [1.807, 2.05) is 4.90 Å². The molecule has 1 aliphatic heterocycles. The number of hydrogen-bond donors (Lipinski definition) is 2. The molecule has 1 aliphatic carbocycles. The number of unbranched alkanes of at least 4 members (excludes halogenated alkanes) is 3. The van der Waals surface area contributed by atoms with Gasteiger partial charge in [0.05, 0.1) is 6.04 Å². The highest BCUT2D eigenvalue weighted by atomic mass is 16.2. The van der Waals surface area contributed by atoms with E-state index in [2.05, 4.69) is 5.32 Å². The van der Waals surface area contributed by atoms with Crippen molar-refractivity contribution in [2.24, 2.45) is 0 Å². The van der Waals surface area contributed by atoms with E-state index in [1.54, 1.807) is 0 Å². The minimum Gasteiger partial charge on any atom is -0.396 e. The smallest absolute Gasteiger partial charge is 0.239 e. The number of rotatable bonds is 8. The third-order valence-electron chi connectivity index (χ3n) is 3.65. The molecule has 4 heteroatoms. The summed E-state index contributed by atoms with van der Waals surface area (Å²) in [5, 5.41) is 12.1. The van der Waals surface area contributed by atoms with Crippen LogP contribution in [0.5, 0.6) is 0 Å². The lowest BCUT2D eigenvalue weighted by Crippen LogP contribution is -2.39. The van der Waals surface area contributed by atoms with Crippen LogP contribution >= 0.6 is 0 Å². The lowest BCUT2D eigenvalue weighted by molar-refractivity contribution is -0.129. The van der Waals surface area contributed by atoms with Gasteiger partial charge in [0.15, 0.2) is 0 Å². The van der Waals surface area contributed by atoms with E-state index < -0.39 is 0 Å². The first-order valence-corrected chi connectivity index (χ1v) is 6.97. The van der Waals surface area contributed by atoms with Gasteiger partial charge in [-0.05, 0) is 32.1 Å². The molecular weight excluding hydrogens is 216 g/mol. The Balaban J connectivity index is 1.59. The van der Waals surface area contributed by atoms with Crippen LogP contribution in [0, 0.1) is 0 Å². The van der Waals surface area contributed by atoms with Crippen LogP contribution in [0.3, 0.4) is 0 Å². The fourth-order valence-electron chi connectivity index (χ4n) is 2.42. The van der Waals surface area contributed by atoms with Crippen LogP contribution in [0.1, 0.15) is 44.9 Å². The largest absolute Gasteiger partial charge is 0.396 e. The van der Waals surface area contributed by atoms with E-state index in [0.29, 0.717) is 11.9 Å². The highest BCUT2D eigenvalue weighted by molar-refractivity contribution is 5.84. The van der Waals surface area contributed by atoms with E-state index in [4.69, 9.17) is 5.11 Å². The fraction of sp³-hybridized carbons (Fsp3) is 0.923. The van der Waals surface area contributed by atoms with Gasteiger partial charge in [0.1, 0.15) is 0 Å². The molecule has 98 valence electrons. The standard InChI is InChI=1S/C13H24N2O2/c16-10-4-2-1-3-8-15-9-7-12(13(15)17)14-11-5-6-11/h11-12,14,16H,1-10H2. The molecule has 0 aromatic rings. The Morgan fingerprint density at radius 3 is 2.65 bits per heavy atom. The van der Waals surface area contributed by atoms with Crippen LogP contribution in [0.15, 0.2) is 0 Å². The number of hydrogen-bond acceptors (Lipinski definition) is 3. The second-order valence-electron chi connectivity index (χ2n) is 5.25. The van der Waals surface area contributed by atoms with E-state index in [9.17, 15) is 4.79 Å². The van der Waals surface area contributed by atoms with Crippen LogP contribution in [0.4, 0.5) is 0 Å². The highest BCUT2D eigenvalue weighted by Crippen LogP contribution is 2.22. The molecule has 1 unspecified atom stereocenters. The van der Waals surface area contributed by atoms with Gasteiger partial charge in [-0.25, -0.2) is 0 Å². The summed E-state index contributed by atoms with van der Waals surface area (Å²) in [6.45, 7) is 2.10. The predicted molar refractivity (Wildman–Crippen MR) is 66.7 cm³/mol. The van der Waals surface area contributed by atoms with Gasteiger partial charge in [0.2, 0.25) is 5.91 Å². The number of amides is 1. The summed E-state index contributed by atoms with van der Waals surface area (Å²) < 4.78 is 0. The van der Waals surface area contributed by atoms with Crippen molar-refractivity contribution in [1.82, 2.24) is 10.2 Å². The molecule has 1 heterocycles. The van der Waals surface area contributed by atoms with Gasteiger partial charge in [-0.3, -0.25) is 4.79 Å². The second-order valence-corrected chi connectivity index (χ2v) is 5.25. The first-order chi connectivity index (χ1) is 8.31.